The van der Waals surface area contributed by atoms with Crippen molar-refractivity contribution in [2.45, 2.75) is 51.2 Å². The van der Waals surface area contributed by atoms with E-state index in [0.717, 1.165) is 62.0 Å². The van der Waals surface area contributed by atoms with Crippen LogP contribution in [0.5, 0.6) is 0 Å². The van der Waals surface area contributed by atoms with Crippen molar-refractivity contribution in [1.82, 2.24) is 14.8 Å². The number of pyridine rings is 1. The Bertz CT molecular complexity index is 921. The molecule has 1 aromatic heterocycles. The third-order valence-electron chi connectivity index (χ3n) is 7.06. The summed E-state index contributed by atoms with van der Waals surface area (Å²) in [4.78, 5) is 18.2. The zero-order chi connectivity index (χ0) is 22.7. The number of hydrogen-bond acceptors (Lipinski definition) is 4. The van der Waals surface area contributed by atoms with E-state index in [9.17, 15) is 8.78 Å². The topological polar surface area (TPSA) is 56.7 Å². The maximum absolute atomic E-state index is 13.9. The lowest BCUT2D eigenvalue weighted by Gasteiger charge is -2.55. The lowest BCUT2D eigenvalue weighted by Crippen LogP contribution is -2.59. The monoisotopic (exact) mass is 443 g/mol. The Hall–Kier alpha value is -2.38. The summed E-state index contributed by atoms with van der Waals surface area (Å²) in [5.41, 5.74) is 3.04. The number of hydrogen-bond donors (Lipinski definition) is 1. The van der Waals surface area contributed by atoms with E-state index in [1.165, 1.54) is 25.0 Å². The predicted octanol–water partition coefficient (Wildman–Crippen LogP) is 4.42. The number of fused-ring (bicyclic) bond motifs is 4. The minimum atomic E-state index is -0.462. The Morgan fingerprint density at radius 2 is 1.88 bits per heavy atom. The SMILES string of the molecule is Cc1cccc(CN2C[C@@H]3C[C@H](C2)[C@@H]2CCC[C@H](c4cc(F)cc(F)c4)N2C3)n1.O=CO. The zero-order valence-corrected chi connectivity index (χ0v) is 18.5. The van der Waals surface area contributed by atoms with E-state index in [2.05, 4.69) is 26.9 Å². The van der Waals surface area contributed by atoms with Crippen molar-refractivity contribution >= 4 is 6.47 Å². The molecule has 172 valence electrons. The largest absolute Gasteiger partial charge is 0.483 e. The first-order chi connectivity index (χ1) is 15.5. The Kier molecular flexibility index (Phi) is 7.16. The van der Waals surface area contributed by atoms with Gasteiger partial charge in [-0.25, -0.2) is 8.78 Å². The van der Waals surface area contributed by atoms with Gasteiger partial charge in [0.1, 0.15) is 11.6 Å². The molecule has 0 radical (unpaired) electrons. The summed E-state index contributed by atoms with van der Waals surface area (Å²) in [5, 5.41) is 6.89. The highest BCUT2D eigenvalue weighted by Gasteiger charge is 2.45. The number of carbonyl (C=O) groups is 1. The molecule has 3 fully saturated rings. The number of halogens is 2. The average molecular weight is 444 g/mol. The van der Waals surface area contributed by atoms with Gasteiger partial charge in [0.25, 0.3) is 6.47 Å². The zero-order valence-electron chi connectivity index (χ0n) is 18.5. The van der Waals surface area contributed by atoms with Crippen LogP contribution >= 0.6 is 0 Å². The minimum absolute atomic E-state index is 0.147. The Balaban J connectivity index is 0.000000775. The molecule has 0 saturated carbocycles. The number of likely N-dealkylation sites (tertiary alicyclic amines) is 1. The number of rotatable bonds is 3. The summed E-state index contributed by atoms with van der Waals surface area (Å²) >= 11 is 0. The number of benzene rings is 1. The molecule has 2 bridgehead atoms. The van der Waals surface area contributed by atoms with E-state index in [-0.39, 0.29) is 12.5 Å². The molecule has 3 saturated heterocycles. The number of aryl methyl sites for hydroxylation is 1. The molecule has 7 heteroatoms. The summed E-state index contributed by atoms with van der Waals surface area (Å²) in [6.07, 6.45) is 4.60. The smallest absolute Gasteiger partial charge is 0.290 e. The molecule has 0 spiro atoms. The molecule has 0 unspecified atom stereocenters. The van der Waals surface area contributed by atoms with Crippen LogP contribution < -0.4 is 0 Å². The molecule has 0 aliphatic carbocycles. The number of piperidine rings is 3. The maximum atomic E-state index is 13.9. The molecule has 2 aromatic rings. The van der Waals surface area contributed by atoms with Crippen LogP contribution in [0.4, 0.5) is 8.78 Å². The molecule has 5 rings (SSSR count). The lowest BCUT2D eigenvalue weighted by atomic mass is 9.74. The number of aromatic nitrogens is 1. The molecule has 3 aliphatic heterocycles. The van der Waals surface area contributed by atoms with Crippen LogP contribution in [0.3, 0.4) is 0 Å². The number of nitrogens with zero attached hydrogens (tertiary/aromatic N) is 3. The average Bonchev–Trinajstić information content (AvgIpc) is 2.73. The van der Waals surface area contributed by atoms with Gasteiger partial charge in [0.15, 0.2) is 0 Å². The Morgan fingerprint density at radius 1 is 1.12 bits per heavy atom. The molecule has 5 nitrogen and oxygen atoms in total. The van der Waals surface area contributed by atoms with Gasteiger partial charge in [-0.3, -0.25) is 19.6 Å². The highest BCUT2D eigenvalue weighted by Crippen LogP contribution is 2.44. The molecular formula is C25H31F2N3O2. The van der Waals surface area contributed by atoms with Crippen LogP contribution in [0, 0.1) is 30.4 Å². The molecule has 4 heterocycles. The first kappa shape index (κ1) is 22.8. The third-order valence-corrected chi connectivity index (χ3v) is 7.06. The Labute approximate surface area is 188 Å². The van der Waals surface area contributed by atoms with Gasteiger partial charge >= 0.3 is 0 Å². The minimum Gasteiger partial charge on any atom is -0.483 e. The van der Waals surface area contributed by atoms with Crippen LogP contribution in [0.2, 0.25) is 0 Å². The van der Waals surface area contributed by atoms with Crippen molar-refractivity contribution in [2.24, 2.45) is 11.8 Å². The molecule has 3 aliphatic rings. The molecule has 1 aromatic carbocycles. The molecular weight excluding hydrogens is 412 g/mol. The fourth-order valence-corrected chi connectivity index (χ4v) is 6.08. The fraction of sp³-hybridized carbons (Fsp3) is 0.520. The van der Waals surface area contributed by atoms with E-state index in [1.54, 1.807) is 0 Å². The summed E-state index contributed by atoms with van der Waals surface area (Å²) in [6.45, 7) is 5.92. The third kappa shape index (κ3) is 5.15. The first-order valence-corrected chi connectivity index (χ1v) is 11.4. The van der Waals surface area contributed by atoms with Crippen LogP contribution in [-0.2, 0) is 11.3 Å². The van der Waals surface area contributed by atoms with Crippen molar-refractivity contribution < 1.29 is 18.7 Å². The van der Waals surface area contributed by atoms with Crippen molar-refractivity contribution in [3.63, 3.8) is 0 Å². The summed E-state index contributed by atoms with van der Waals surface area (Å²) < 4.78 is 27.7. The van der Waals surface area contributed by atoms with Crippen LogP contribution in [-0.4, -0.2) is 52.0 Å². The predicted molar refractivity (Wildman–Crippen MR) is 118 cm³/mol. The van der Waals surface area contributed by atoms with Gasteiger partial charge in [0.2, 0.25) is 0 Å². The molecule has 32 heavy (non-hydrogen) atoms. The summed E-state index contributed by atoms with van der Waals surface area (Å²) in [5.74, 6) is 0.328. The summed E-state index contributed by atoms with van der Waals surface area (Å²) in [7, 11) is 0. The fourth-order valence-electron chi connectivity index (χ4n) is 6.08. The molecule has 1 N–H and O–H groups in total. The van der Waals surface area contributed by atoms with Crippen molar-refractivity contribution in [3.8, 4) is 0 Å². The van der Waals surface area contributed by atoms with Gasteiger partial charge < -0.3 is 5.11 Å². The van der Waals surface area contributed by atoms with E-state index in [1.807, 2.05) is 13.0 Å². The maximum Gasteiger partial charge on any atom is 0.290 e. The first-order valence-electron chi connectivity index (χ1n) is 11.4. The highest BCUT2D eigenvalue weighted by molar-refractivity contribution is 5.32. The normalized spacial score (nSPS) is 27.7. The quantitative estimate of drug-likeness (QED) is 0.712. The number of carboxylic acid groups (broad SMARTS) is 1. The molecule has 0 amide bonds. The van der Waals surface area contributed by atoms with Gasteiger partial charge in [-0.2, -0.15) is 0 Å². The van der Waals surface area contributed by atoms with Gasteiger partial charge in [-0.15, -0.1) is 0 Å². The van der Waals surface area contributed by atoms with E-state index >= 15 is 0 Å². The van der Waals surface area contributed by atoms with E-state index in [0.29, 0.717) is 17.9 Å². The van der Waals surface area contributed by atoms with E-state index < -0.39 is 11.6 Å². The second-order valence-corrected chi connectivity index (χ2v) is 9.35. The van der Waals surface area contributed by atoms with Crippen LogP contribution in [0.15, 0.2) is 36.4 Å². The lowest BCUT2D eigenvalue weighted by molar-refractivity contribution is -0.122. The standard InChI is InChI=1S/C24H29F2N3.CH2O2/c1-16-4-2-5-22(27-16)15-28-12-17-8-19(14-28)24-7-3-6-23(29(24)13-17)18-9-20(25)11-21(26)10-18;2-1-3/h2,4-5,9-11,17,19,23-24H,3,6-8,12-15H2,1H3;1H,(H,2,3)/t17-,19+,23+,24-;/m0./s1. The second-order valence-electron chi connectivity index (χ2n) is 9.35. The van der Waals surface area contributed by atoms with Crippen LogP contribution in [0.1, 0.15) is 48.7 Å². The van der Waals surface area contributed by atoms with Gasteiger partial charge in [-0.05, 0) is 74.3 Å². The van der Waals surface area contributed by atoms with Gasteiger partial charge in [-0.1, -0.05) is 6.07 Å². The van der Waals surface area contributed by atoms with Crippen LogP contribution in [0.25, 0.3) is 0 Å². The summed E-state index contributed by atoms with van der Waals surface area (Å²) in [6, 6.07) is 11.0. The second kappa shape index (κ2) is 10.0. The van der Waals surface area contributed by atoms with E-state index in [4.69, 9.17) is 9.90 Å². The van der Waals surface area contributed by atoms with Gasteiger partial charge in [0, 0.05) is 50.0 Å². The van der Waals surface area contributed by atoms with Crippen molar-refractivity contribution in [1.29, 1.82) is 0 Å². The molecule has 4 atom stereocenters. The van der Waals surface area contributed by atoms with Gasteiger partial charge in [0.05, 0.1) is 5.69 Å². The van der Waals surface area contributed by atoms with Crippen molar-refractivity contribution in [3.05, 3.63) is 65.0 Å². The van der Waals surface area contributed by atoms with Crippen molar-refractivity contribution in [2.75, 3.05) is 19.6 Å². The Morgan fingerprint density at radius 3 is 2.59 bits per heavy atom. The highest BCUT2D eigenvalue weighted by atomic mass is 19.1.